The quantitative estimate of drug-likeness (QED) is 0.724. The number of halogens is 1. The minimum atomic E-state index is -0.588. The van der Waals surface area contributed by atoms with Gasteiger partial charge in [-0.1, -0.05) is 0 Å². The van der Waals surface area contributed by atoms with Crippen LogP contribution in [0.4, 0.5) is 0 Å². The molecule has 0 spiro atoms. The van der Waals surface area contributed by atoms with E-state index in [0.29, 0.717) is 27.4 Å². The number of methoxy groups -OCH3 is 2. The Morgan fingerprint density at radius 3 is 2.50 bits per heavy atom. The van der Waals surface area contributed by atoms with Crippen molar-refractivity contribution in [3.63, 3.8) is 0 Å². The van der Waals surface area contributed by atoms with Gasteiger partial charge < -0.3 is 9.47 Å². The zero-order valence-corrected chi connectivity index (χ0v) is 14.7. The summed E-state index contributed by atoms with van der Waals surface area (Å²) in [5.74, 6) is 1.10. The molecule has 9 heteroatoms. The third kappa shape index (κ3) is 2.56. The third-order valence-electron chi connectivity index (χ3n) is 3.55. The molecule has 0 aliphatic carbocycles. The molecule has 0 unspecified atom stereocenters. The number of rotatable bonds is 3. The molecule has 0 saturated heterocycles. The number of fused-ring (bicyclic) bond motifs is 1. The first-order valence-corrected chi connectivity index (χ1v) is 7.64. The number of aryl methyl sites for hydroxylation is 1. The van der Waals surface area contributed by atoms with E-state index in [9.17, 15) is 9.59 Å². The van der Waals surface area contributed by atoms with Crippen molar-refractivity contribution in [2.75, 3.05) is 14.2 Å². The third-order valence-corrected chi connectivity index (χ3v) is 4.10. The van der Waals surface area contributed by atoms with E-state index in [1.165, 1.54) is 18.7 Å². The number of benzene rings is 1. The minimum Gasteiger partial charge on any atom is -0.493 e. The Balaban J connectivity index is 2.30. The first kappa shape index (κ1) is 16.2. The second-order valence-corrected chi connectivity index (χ2v) is 5.67. The van der Waals surface area contributed by atoms with E-state index in [-0.39, 0.29) is 11.2 Å². The highest BCUT2D eigenvalue weighted by Crippen LogP contribution is 2.34. The Hall–Kier alpha value is -2.68. The van der Waals surface area contributed by atoms with Crippen molar-refractivity contribution in [2.24, 2.45) is 7.05 Å². The molecule has 2 heterocycles. The van der Waals surface area contributed by atoms with Gasteiger partial charge >= 0.3 is 5.69 Å². The number of H-pyrrole nitrogens is 1. The molecular weight excluding hydrogens is 380 g/mol. The first-order chi connectivity index (χ1) is 11.5. The van der Waals surface area contributed by atoms with Gasteiger partial charge in [0.1, 0.15) is 10.3 Å². The van der Waals surface area contributed by atoms with Gasteiger partial charge in [0.2, 0.25) is 0 Å². The van der Waals surface area contributed by atoms with Crippen LogP contribution in [-0.2, 0) is 7.05 Å². The standard InChI is InChI=1S/C15H13BrN4O4/c1-20-13-11(14(21)19-15(20)22)17-10(12(16)18-13)7-4-5-8(23-2)9(6-7)24-3/h4-6H,1-3H3,(H,19,21,22). The fourth-order valence-corrected chi connectivity index (χ4v) is 2.78. The van der Waals surface area contributed by atoms with Crippen LogP contribution < -0.4 is 20.7 Å². The highest BCUT2D eigenvalue weighted by Gasteiger charge is 2.15. The number of hydrogen-bond donors (Lipinski definition) is 1. The Bertz CT molecular complexity index is 1060. The van der Waals surface area contributed by atoms with Crippen molar-refractivity contribution in [2.45, 2.75) is 0 Å². The molecule has 8 nitrogen and oxygen atoms in total. The van der Waals surface area contributed by atoms with Crippen molar-refractivity contribution < 1.29 is 9.47 Å². The van der Waals surface area contributed by atoms with E-state index in [1.807, 2.05) is 0 Å². The summed E-state index contributed by atoms with van der Waals surface area (Å²) in [7, 11) is 4.59. The van der Waals surface area contributed by atoms with Gasteiger partial charge in [0, 0.05) is 12.6 Å². The largest absolute Gasteiger partial charge is 0.493 e. The number of aromatic nitrogens is 4. The molecule has 124 valence electrons. The molecule has 3 aromatic rings. The summed E-state index contributed by atoms with van der Waals surface area (Å²) in [5.41, 5.74) is 0.266. The molecule has 0 aliphatic rings. The lowest BCUT2D eigenvalue weighted by Gasteiger charge is -2.11. The molecule has 0 atom stereocenters. The number of ether oxygens (including phenoxy) is 2. The molecule has 1 aromatic carbocycles. The lowest BCUT2D eigenvalue weighted by Crippen LogP contribution is -2.29. The van der Waals surface area contributed by atoms with Crippen LogP contribution in [0.3, 0.4) is 0 Å². The van der Waals surface area contributed by atoms with Crippen LogP contribution in [0.1, 0.15) is 0 Å². The first-order valence-electron chi connectivity index (χ1n) is 6.85. The van der Waals surface area contributed by atoms with Crippen LogP contribution in [0, 0.1) is 0 Å². The molecule has 3 rings (SSSR count). The highest BCUT2D eigenvalue weighted by atomic mass is 79.9. The normalized spacial score (nSPS) is 10.8. The molecule has 0 saturated carbocycles. The molecular formula is C15H13BrN4O4. The summed E-state index contributed by atoms with van der Waals surface area (Å²) in [6.07, 6.45) is 0. The average molecular weight is 393 g/mol. The van der Waals surface area contributed by atoms with Crippen molar-refractivity contribution >= 4 is 27.1 Å². The van der Waals surface area contributed by atoms with Gasteiger partial charge in [0.25, 0.3) is 5.56 Å². The van der Waals surface area contributed by atoms with Crippen molar-refractivity contribution in [3.8, 4) is 22.8 Å². The van der Waals surface area contributed by atoms with Crippen LogP contribution in [-0.4, -0.2) is 33.7 Å². The maximum absolute atomic E-state index is 12.0. The molecule has 0 amide bonds. The molecule has 0 radical (unpaired) electrons. The smallest absolute Gasteiger partial charge is 0.329 e. The molecule has 0 aliphatic heterocycles. The van der Waals surface area contributed by atoms with E-state index in [0.717, 1.165) is 0 Å². The van der Waals surface area contributed by atoms with Gasteiger partial charge in [-0.25, -0.2) is 14.8 Å². The second kappa shape index (κ2) is 6.08. The van der Waals surface area contributed by atoms with E-state index >= 15 is 0 Å². The zero-order chi connectivity index (χ0) is 17.4. The van der Waals surface area contributed by atoms with Crippen LogP contribution in [0.2, 0.25) is 0 Å². The molecule has 24 heavy (non-hydrogen) atoms. The van der Waals surface area contributed by atoms with Gasteiger partial charge in [0.15, 0.2) is 22.7 Å². The minimum absolute atomic E-state index is 0.0742. The number of nitrogens with one attached hydrogen (secondary N) is 1. The van der Waals surface area contributed by atoms with Gasteiger partial charge in [-0.3, -0.25) is 14.3 Å². The Kier molecular flexibility index (Phi) is 4.10. The number of nitrogens with zero attached hydrogens (tertiary/aromatic N) is 3. The number of hydrogen-bond acceptors (Lipinski definition) is 6. The Labute approximate surface area is 144 Å². The number of aromatic amines is 1. The summed E-state index contributed by atoms with van der Waals surface area (Å²) in [5, 5.41) is 0. The zero-order valence-electron chi connectivity index (χ0n) is 13.1. The van der Waals surface area contributed by atoms with E-state index < -0.39 is 11.2 Å². The van der Waals surface area contributed by atoms with Gasteiger partial charge in [-0.05, 0) is 34.1 Å². The highest BCUT2D eigenvalue weighted by molar-refractivity contribution is 9.10. The lowest BCUT2D eigenvalue weighted by atomic mass is 10.1. The summed E-state index contributed by atoms with van der Waals surface area (Å²) in [6, 6.07) is 5.24. The topological polar surface area (TPSA) is 99.1 Å². The van der Waals surface area contributed by atoms with E-state index in [2.05, 4.69) is 30.9 Å². The Morgan fingerprint density at radius 1 is 1.12 bits per heavy atom. The molecule has 0 bridgehead atoms. The van der Waals surface area contributed by atoms with Crippen LogP contribution >= 0.6 is 15.9 Å². The lowest BCUT2D eigenvalue weighted by molar-refractivity contribution is 0.355. The van der Waals surface area contributed by atoms with E-state index in [4.69, 9.17) is 9.47 Å². The van der Waals surface area contributed by atoms with Crippen molar-refractivity contribution in [1.29, 1.82) is 0 Å². The summed E-state index contributed by atoms with van der Waals surface area (Å²) < 4.78 is 12.1. The van der Waals surface area contributed by atoms with Gasteiger partial charge in [-0.15, -0.1) is 0 Å². The SMILES string of the molecule is COc1ccc(-c2nc3c(=O)[nH]c(=O)n(C)c3nc2Br)cc1OC. The summed E-state index contributed by atoms with van der Waals surface area (Å²) in [6.45, 7) is 0. The predicted molar refractivity (Wildman–Crippen MR) is 91.6 cm³/mol. The monoisotopic (exact) mass is 392 g/mol. The van der Waals surface area contributed by atoms with Crippen molar-refractivity contribution in [1.82, 2.24) is 19.5 Å². The molecule has 1 N–H and O–H groups in total. The average Bonchev–Trinajstić information content (AvgIpc) is 2.58. The fraction of sp³-hybridized carbons (Fsp3) is 0.200. The predicted octanol–water partition coefficient (Wildman–Crippen LogP) is 1.46. The van der Waals surface area contributed by atoms with Gasteiger partial charge in [-0.2, -0.15) is 0 Å². The fourth-order valence-electron chi connectivity index (χ4n) is 2.30. The maximum Gasteiger partial charge on any atom is 0.329 e. The Morgan fingerprint density at radius 2 is 1.83 bits per heavy atom. The summed E-state index contributed by atoms with van der Waals surface area (Å²) in [4.78, 5) is 34.6. The van der Waals surface area contributed by atoms with Crippen LogP contribution in [0.25, 0.3) is 22.4 Å². The van der Waals surface area contributed by atoms with Crippen LogP contribution in [0.15, 0.2) is 32.4 Å². The summed E-state index contributed by atoms with van der Waals surface area (Å²) >= 11 is 3.35. The van der Waals surface area contributed by atoms with E-state index in [1.54, 1.807) is 25.3 Å². The molecule has 2 aromatic heterocycles. The van der Waals surface area contributed by atoms with Gasteiger partial charge in [0.05, 0.1) is 14.2 Å². The van der Waals surface area contributed by atoms with Crippen LogP contribution in [0.5, 0.6) is 11.5 Å². The maximum atomic E-state index is 12.0. The second-order valence-electron chi connectivity index (χ2n) is 4.92. The molecule has 0 fully saturated rings. The van der Waals surface area contributed by atoms with Crippen molar-refractivity contribution in [3.05, 3.63) is 43.6 Å².